The number of ether oxygens (including phenoxy) is 1. The second kappa shape index (κ2) is 9.23. The molecule has 5 rings (SSSR count). The lowest BCUT2D eigenvalue weighted by Gasteiger charge is -2.30. The fourth-order valence-electron chi connectivity index (χ4n) is 4.21. The molecular weight excluding hydrogens is 434 g/mol. The molecule has 1 saturated heterocycles. The third-order valence-corrected chi connectivity index (χ3v) is 7.09. The Hall–Kier alpha value is -3.39. The highest BCUT2D eigenvalue weighted by atomic mass is 32.1. The second-order valence-electron chi connectivity index (χ2n) is 8.43. The molecule has 33 heavy (non-hydrogen) atoms. The fourth-order valence-corrected chi connectivity index (χ4v) is 5.14. The summed E-state index contributed by atoms with van der Waals surface area (Å²) in [5.41, 5.74) is 4.28. The molecule has 170 valence electrons. The van der Waals surface area contributed by atoms with Crippen LogP contribution in [-0.4, -0.2) is 40.7 Å². The number of anilines is 1. The van der Waals surface area contributed by atoms with Gasteiger partial charge >= 0.3 is 0 Å². The van der Waals surface area contributed by atoms with Crippen molar-refractivity contribution in [3.05, 3.63) is 65.9 Å². The van der Waals surface area contributed by atoms with E-state index in [2.05, 4.69) is 35.3 Å². The van der Waals surface area contributed by atoms with Crippen LogP contribution in [0.4, 0.5) is 5.13 Å². The van der Waals surface area contributed by atoms with E-state index in [1.54, 1.807) is 18.4 Å². The largest absolute Gasteiger partial charge is 0.497 e. The van der Waals surface area contributed by atoms with Gasteiger partial charge in [0.15, 0.2) is 0 Å². The zero-order valence-corrected chi connectivity index (χ0v) is 19.6. The smallest absolute Gasteiger partial charge is 0.223 e. The van der Waals surface area contributed by atoms with Crippen molar-refractivity contribution in [2.24, 2.45) is 5.92 Å². The predicted molar refractivity (Wildman–Crippen MR) is 131 cm³/mol. The first-order chi connectivity index (χ1) is 16.1. The maximum Gasteiger partial charge on any atom is 0.223 e. The summed E-state index contributed by atoms with van der Waals surface area (Å²) in [6, 6.07) is 16.1. The zero-order chi connectivity index (χ0) is 22.8. The lowest BCUT2D eigenvalue weighted by molar-refractivity contribution is -0.125. The van der Waals surface area contributed by atoms with Crippen molar-refractivity contribution >= 4 is 27.3 Å². The first kappa shape index (κ1) is 21.5. The van der Waals surface area contributed by atoms with Crippen LogP contribution in [0.5, 0.6) is 5.75 Å². The van der Waals surface area contributed by atoms with Gasteiger partial charge in [-0.05, 0) is 49.6 Å². The summed E-state index contributed by atoms with van der Waals surface area (Å²) in [5, 5.41) is 8.80. The zero-order valence-electron chi connectivity index (χ0n) is 18.8. The van der Waals surface area contributed by atoms with Crippen molar-refractivity contribution in [1.29, 1.82) is 0 Å². The Bertz CT molecular complexity index is 1220. The van der Waals surface area contributed by atoms with E-state index < -0.39 is 0 Å². The number of fused-ring (bicyclic) bond motifs is 1. The second-order valence-corrected chi connectivity index (χ2v) is 9.37. The number of methoxy groups -OCH3 is 1. The molecule has 0 radical (unpaired) electrons. The van der Waals surface area contributed by atoms with E-state index in [0.717, 1.165) is 58.6 Å². The number of aromatic nitrogens is 3. The first-order valence-electron chi connectivity index (χ1n) is 11.2. The van der Waals surface area contributed by atoms with Crippen molar-refractivity contribution in [3.63, 3.8) is 0 Å². The summed E-state index contributed by atoms with van der Waals surface area (Å²) in [4.78, 5) is 20.5. The topological polar surface area (TPSA) is 71.8 Å². The molecule has 0 saturated carbocycles. The third kappa shape index (κ3) is 4.71. The SMILES string of the molecule is COc1ccc(-c2cn3nc(N4CCC(C(=O)NCc5cccc(C)c5)CC4)sc3n2)cc1. The number of hydrogen-bond donors (Lipinski definition) is 1. The molecule has 8 heteroatoms. The third-order valence-electron chi connectivity index (χ3n) is 6.10. The highest BCUT2D eigenvalue weighted by Crippen LogP contribution is 2.30. The molecule has 7 nitrogen and oxygen atoms in total. The molecule has 0 bridgehead atoms. The van der Waals surface area contributed by atoms with E-state index in [-0.39, 0.29) is 11.8 Å². The molecule has 2 aromatic heterocycles. The Balaban J connectivity index is 1.17. The average Bonchev–Trinajstić information content (AvgIpc) is 3.42. The molecule has 4 aromatic rings. The molecule has 1 amide bonds. The summed E-state index contributed by atoms with van der Waals surface area (Å²) in [6.45, 7) is 4.30. The van der Waals surface area contributed by atoms with Crippen molar-refractivity contribution < 1.29 is 9.53 Å². The molecule has 0 atom stereocenters. The Morgan fingerprint density at radius 1 is 1.18 bits per heavy atom. The van der Waals surface area contributed by atoms with Gasteiger partial charge in [-0.1, -0.05) is 41.2 Å². The number of rotatable bonds is 6. The molecule has 0 unspecified atom stereocenters. The Kier molecular flexibility index (Phi) is 6.00. The van der Waals surface area contributed by atoms with Gasteiger partial charge in [0.25, 0.3) is 0 Å². The number of nitrogens with one attached hydrogen (secondary N) is 1. The number of imidazole rings is 1. The van der Waals surface area contributed by atoms with Gasteiger partial charge in [-0.3, -0.25) is 4.79 Å². The molecule has 3 heterocycles. The van der Waals surface area contributed by atoms with Gasteiger partial charge in [-0.2, -0.15) is 0 Å². The number of piperidine rings is 1. The van der Waals surface area contributed by atoms with Crippen LogP contribution in [0.25, 0.3) is 16.2 Å². The van der Waals surface area contributed by atoms with Crippen LogP contribution in [0.15, 0.2) is 54.7 Å². The van der Waals surface area contributed by atoms with Crippen LogP contribution >= 0.6 is 11.3 Å². The van der Waals surface area contributed by atoms with Gasteiger partial charge in [-0.15, -0.1) is 5.10 Å². The number of amides is 1. The fraction of sp³-hybridized carbons (Fsp3) is 0.320. The number of carbonyl (C=O) groups excluding carboxylic acids is 1. The van der Waals surface area contributed by atoms with Gasteiger partial charge in [0, 0.05) is 31.1 Å². The minimum atomic E-state index is 0.0526. The molecular formula is C25H27N5O2S. The minimum Gasteiger partial charge on any atom is -0.497 e. The predicted octanol–water partition coefficient (Wildman–Crippen LogP) is 4.31. The summed E-state index contributed by atoms with van der Waals surface area (Å²) in [5.74, 6) is 1.03. The average molecular weight is 462 g/mol. The van der Waals surface area contributed by atoms with E-state index in [4.69, 9.17) is 14.8 Å². The molecule has 1 aliphatic rings. The van der Waals surface area contributed by atoms with Crippen LogP contribution in [0, 0.1) is 12.8 Å². The normalized spacial score (nSPS) is 14.5. The molecule has 1 fully saturated rings. The molecule has 0 spiro atoms. The van der Waals surface area contributed by atoms with Gasteiger partial charge in [0.1, 0.15) is 5.75 Å². The van der Waals surface area contributed by atoms with Crippen molar-refractivity contribution in [2.75, 3.05) is 25.1 Å². The van der Waals surface area contributed by atoms with Gasteiger partial charge in [0.05, 0.1) is 19.0 Å². The lowest BCUT2D eigenvalue weighted by atomic mass is 9.96. The van der Waals surface area contributed by atoms with E-state index in [1.165, 1.54) is 5.56 Å². The van der Waals surface area contributed by atoms with E-state index in [9.17, 15) is 4.79 Å². The van der Waals surface area contributed by atoms with Crippen LogP contribution < -0.4 is 15.0 Å². The summed E-state index contributed by atoms with van der Waals surface area (Å²) in [7, 11) is 1.66. The Morgan fingerprint density at radius 3 is 2.67 bits per heavy atom. The Morgan fingerprint density at radius 2 is 1.97 bits per heavy atom. The van der Waals surface area contributed by atoms with Crippen LogP contribution in [-0.2, 0) is 11.3 Å². The monoisotopic (exact) mass is 461 g/mol. The van der Waals surface area contributed by atoms with Crippen LogP contribution in [0.2, 0.25) is 0 Å². The quantitative estimate of drug-likeness (QED) is 0.463. The van der Waals surface area contributed by atoms with E-state index >= 15 is 0 Å². The maximum atomic E-state index is 12.6. The van der Waals surface area contributed by atoms with Crippen LogP contribution in [0.1, 0.15) is 24.0 Å². The minimum absolute atomic E-state index is 0.0526. The summed E-state index contributed by atoms with van der Waals surface area (Å²) in [6.07, 6.45) is 3.62. The van der Waals surface area contributed by atoms with E-state index in [1.807, 2.05) is 41.0 Å². The standard InChI is InChI=1S/C25H27N5O2S/c1-17-4-3-5-18(14-17)15-26-23(31)20-10-12-29(13-11-20)25-28-30-16-22(27-24(30)33-25)19-6-8-21(32-2)9-7-19/h3-9,14,16,20H,10-13,15H2,1-2H3,(H,26,31). The molecule has 1 aliphatic heterocycles. The van der Waals surface area contributed by atoms with E-state index in [0.29, 0.717) is 6.54 Å². The van der Waals surface area contributed by atoms with Crippen LogP contribution in [0.3, 0.4) is 0 Å². The summed E-state index contributed by atoms with van der Waals surface area (Å²) >= 11 is 1.59. The maximum absolute atomic E-state index is 12.6. The summed E-state index contributed by atoms with van der Waals surface area (Å²) < 4.78 is 7.07. The van der Waals surface area contributed by atoms with Gasteiger partial charge in [0.2, 0.25) is 16.0 Å². The highest BCUT2D eigenvalue weighted by molar-refractivity contribution is 7.20. The van der Waals surface area contributed by atoms with Crippen molar-refractivity contribution in [2.45, 2.75) is 26.3 Å². The van der Waals surface area contributed by atoms with Crippen molar-refractivity contribution in [1.82, 2.24) is 19.9 Å². The van der Waals surface area contributed by atoms with Crippen molar-refractivity contribution in [3.8, 4) is 17.0 Å². The number of nitrogens with zero attached hydrogens (tertiary/aromatic N) is 4. The lowest BCUT2D eigenvalue weighted by Crippen LogP contribution is -2.40. The molecule has 2 aromatic carbocycles. The molecule has 0 aliphatic carbocycles. The Labute approximate surface area is 197 Å². The number of carbonyl (C=O) groups is 1. The first-order valence-corrected chi connectivity index (χ1v) is 12.0. The van der Waals surface area contributed by atoms with Gasteiger partial charge < -0.3 is 15.0 Å². The number of hydrogen-bond acceptors (Lipinski definition) is 6. The molecule has 1 N–H and O–H groups in total. The van der Waals surface area contributed by atoms with Gasteiger partial charge in [-0.25, -0.2) is 9.50 Å². The number of benzene rings is 2. The number of aryl methyl sites for hydroxylation is 1. The highest BCUT2D eigenvalue weighted by Gasteiger charge is 2.26.